The van der Waals surface area contributed by atoms with Crippen molar-refractivity contribution in [2.75, 3.05) is 7.05 Å². The van der Waals surface area contributed by atoms with Crippen molar-refractivity contribution in [2.24, 2.45) is 5.92 Å². The molecule has 2 unspecified atom stereocenters. The topological polar surface area (TPSA) is 33.2 Å². The van der Waals surface area contributed by atoms with Crippen molar-refractivity contribution >= 4 is 5.91 Å². The highest BCUT2D eigenvalue weighted by Gasteiger charge is 2.31. The van der Waals surface area contributed by atoms with E-state index in [1.807, 2.05) is 19.1 Å². The molecule has 25 heavy (non-hydrogen) atoms. The lowest BCUT2D eigenvalue weighted by Gasteiger charge is -2.27. The van der Waals surface area contributed by atoms with E-state index in [1.165, 1.54) is 6.07 Å². The maximum absolute atomic E-state index is 12.8. The average Bonchev–Trinajstić information content (AvgIpc) is 2.60. The molecule has 2 rings (SSSR count). The van der Waals surface area contributed by atoms with Gasteiger partial charge in [0.2, 0.25) is 5.91 Å². The minimum Gasteiger partial charge on any atom is -0.337 e. The van der Waals surface area contributed by atoms with Crippen molar-refractivity contribution < 1.29 is 18.0 Å². The molecule has 1 aromatic heterocycles. The van der Waals surface area contributed by atoms with Gasteiger partial charge in [-0.15, -0.1) is 0 Å². The van der Waals surface area contributed by atoms with Crippen molar-refractivity contribution in [1.29, 1.82) is 0 Å². The molecule has 0 aliphatic carbocycles. The van der Waals surface area contributed by atoms with Gasteiger partial charge in [0.1, 0.15) is 0 Å². The van der Waals surface area contributed by atoms with Gasteiger partial charge in [-0.1, -0.05) is 31.2 Å². The molecule has 1 aromatic carbocycles. The summed E-state index contributed by atoms with van der Waals surface area (Å²) in [5.41, 5.74) is 0.569. The number of benzene rings is 1. The van der Waals surface area contributed by atoms with Crippen LogP contribution in [0.2, 0.25) is 0 Å². The van der Waals surface area contributed by atoms with Crippen LogP contribution in [0.4, 0.5) is 13.2 Å². The summed E-state index contributed by atoms with van der Waals surface area (Å²) >= 11 is 0. The van der Waals surface area contributed by atoms with Gasteiger partial charge in [0.05, 0.1) is 17.3 Å². The lowest BCUT2D eigenvalue weighted by molar-refractivity contribution is -0.137. The van der Waals surface area contributed by atoms with Crippen LogP contribution in [0, 0.1) is 5.92 Å². The number of hydrogen-bond donors (Lipinski definition) is 0. The maximum Gasteiger partial charge on any atom is 0.416 e. The molecular formula is C19H21F3N2O. The van der Waals surface area contributed by atoms with E-state index >= 15 is 0 Å². The molecule has 0 radical (unpaired) electrons. The Kier molecular flexibility index (Phi) is 5.82. The molecule has 1 amide bonds. The van der Waals surface area contributed by atoms with Crippen LogP contribution < -0.4 is 0 Å². The molecule has 0 aliphatic heterocycles. The molecular weight excluding hydrogens is 329 g/mol. The first-order valence-electron chi connectivity index (χ1n) is 8.04. The normalized spacial score (nSPS) is 14.0. The van der Waals surface area contributed by atoms with Crippen LogP contribution in [0.3, 0.4) is 0 Å². The predicted octanol–water partition coefficient (Wildman–Crippen LogP) is 4.50. The zero-order chi connectivity index (χ0) is 18.6. The molecule has 2 atom stereocenters. The fourth-order valence-electron chi connectivity index (χ4n) is 2.68. The quantitative estimate of drug-likeness (QED) is 0.795. The van der Waals surface area contributed by atoms with Crippen LogP contribution in [0.1, 0.15) is 36.7 Å². The number of carbonyl (C=O) groups is 1. The molecule has 0 aliphatic rings. The fourth-order valence-corrected chi connectivity index (χ4v) is 2.68. The van der Waals surface area contributed by atoms with Crippen molar-refractivity contribution in [2.45, 2.75) is 32.5 Å². The first-order chi connectivity index (χ1) is 11.7. The van der Waals surface area contributed by atoms with Gasteiger partial charge >= 0.3 is 6.18 Å². The summed E-state index contributed by atoms with van der Waals surface area (Å²) in [6, 6.07) is 10.4. The number of nitrogens with zero attached hydrogens (tertiary/aromatic N) is 2. The maximum atomic E-state index is 12.8. The van der Waals surface area contributed by atoms with Crippen LogP contribution in [0.5, 0.6) is 0 Å². The number of hydrogen-bond acceptors (Lipinski definition) is 2. The minimum atomic E-state index is -4.38. The number of halogens is 3. The highest BCUT2D eigenvalue weighted by molar-refractivity contribution is 5.79. The Morgan fingerprint density at radius 3 is 2.48 bits per heavy atom. The molecule has 2 aromatic rings. The first-order valence-corrected chi connectivity index (χ1v) is 8.04. The van der Waals surface area contributed by atoms with Crippen molar-refractivity contribution in [1.82, 2.24) is 9.88 Å². The van der Waals surface area contributed by atoms with Crippen LogP contribution in [0.15, 0.2) is 48.7 Å². The van der Waals surface area contributed by atoms with Gasteiger partial charge in [-0.2, -0.15) is 13.2 Å². The van der Waals surface area contributed by atoms with Crippen LogP contribution in [-0.2, 0) is 17.4 Å². The second-order valence-corrected chi connectivity index (χ2v) is 6.18. The molecule has 0 saturated carbocycles. The third-order valence-corrected chi connectivity index (χ3v) is 4.26. The number of amides is 1. The Bertz CT molecular complexity index is 716. The van der Waals surface area contributed by atoms with E-state index in [0.29, 0.717) is 5.56 Å². The van der Waals surface area contributed by atoms with E-state index in [1.54, 1.807) is 37.2 Å². The summed E-state index contributed by atoms with van der Waals surface area (Å²) in [5, 5.41) is 0. The lowest BCUT2D eigenvalue weighted by atomic mass is 9.97. The average molecular weight is 350 g/mol. The SMILES string of the molecule is CC(Cc1cccc(C(F)(F)F)c1)C(=O)N(C)C(C)c1ccccn1. The van der Waals surface area contributed by atoms with Gasteiger partial charge in [0.15, 0.2) is 0 Å². The Hall–Kier alpha value is -2.37. The Labute approximate surface area is 145 Å². The van der Waals surface area contributed by atoms with Gasteiger partial charge in [-0.25, -0.2) is 0 Å². The Morgan fingerprint density at radius 2 is 1.88 bits per heavy atom. The van der Waals surface area contributed by atoms with Crippen molar-refractivity contribution in [3.05, 3.63) is 65.5 Å². The highest BCUT2D eigenvalue weighted by Crippen LogP contribution is 2.30. The molecule has 0 spiro atoms. The predicted molar refractivity (Wildman–Crippen MR) is 89.7 cm³/mol. The van der Waals surface area contributed by atoms with Gasteiger partial charge < -0.3 is 4.90 Å². The fraction of sp³-hybridized carbons (Fsp3) is 0.368. The number of rotatable bonds is 5. The van der Waals surface area contributed by atoms with E-state index in [9.17, 15) is 18.0 Å². The molecule has 1 heterocycles. The highest BCUT2D eigenvalue weighted by atomic mass is 19.4. The monoisotopic (exact) mass is 350 g/mol. The molecule has 6 heteroatoms. The third-order valence-electron chi connectivity index (χ3n) is 4.26. The standard InChI is InChI=1S/C19H21F3N2O/c1-13(11-15-7-6-8-16(12-15)19(20,21)22)18(25)24(3)14(2)17-9-4-5-10-23-17/h4-10,12-14H,11H2,1-3H3. The number of carbonyl (C=O) groups excluding carboxylic acids is 1. The van der Waals surface area contributed by atoms with E-state index in [-0.39, 0.29) is 18.4 Å². The number of pyridine rings is 1. The zero-order valence-electron chi connectivity index (χ0n) is 14.4. The van der Waals surface area contributed by atoms with Gasteiger partial charge in [0, 0.05) is 19.2 Å². The smallest absolute Gasteiger partial charge is 0.337 e. The van der Waals surface area contributed by atoms with E-state index < -0.39 is 17.7 Å². The zero-order valence-corrected chi connectivity index (χ0v) is 14.4. The van der Waals surface area contributed by atoms with Crippen LogP contribution in [0.25, 0.3) is 0 Å². The summed E-state index contributed by atoms with van der Waals surface area (Å²) in [7, 11) is 1.68. The lowest BCUT2D eigenvalue weighted by Crippen LogP contribution is -2.35. The third kappa shape index (κ3) is 4.81. The molecule has 0 N–H and O–H groups in total. The first kappa shape index (κ1) is 19.0. The molecule has 0 bridgehead atoms. The van der Waals surface area contributed by atoms with Gasteiger partial charge in [-0.05, 0) is 37.1 Å². The van der Waals surface area contributed by atoms with Crippen molar-refractivity contribution in [3.8, 4) is 0 Å². The van der Waals surface area contributed by atoms with Crippen LogP contribution >= 0.6 is 0 Å². The Balaban J connectivity index is 2.07. The summed E-state index contributed by atoms with van der Waals surface area (Å²) < 4.78 is 38.4. The largest absolute Gasteiger partial charge is 0.416 e. The second kappa shape index (κ2) is 7.68. The Morgan fingerprint density at radius 1 is 1.16 bits per heavy atom. The molecule has 134 valence electrons. The van der Waals surface area contributed by atoms with Crippen molar-refractivity contribution in [3.63, 3.8) is 0 Å². The van der Waals surface area contributed by atoms with E-state index in [0.717, 1.165) is 17.8 Å². The second-order valence-electron chi connectivity index (χ2n) is 6.18. The summed E-state index contributed by atoms with van der Waals surface area (Å²) in [4.78, 5) is 18.4. The number of aromatic nitrogens is 1. The van der Waals surface area contributed by atoms with Crippen LogP contribution in [-0.4, -0.2) is 22.8 Å². The molecule has 0 saturated heterocycles. The number of alkyl halides is 3. The summed E-state index contributed by atoms with van der Waals surface area (Å²) in [5.74, 6) is -0.560. The van der Waals surface area contributed by atoms with E-state index in [4.69, 9.17) is 0 Å². The van der Waals surface area contributed by atoms with Gasteiger partial charge in [0.25, 0.3) is 0 Å². The van der Waals surface area contributed by atoms with Gasteiger partial charge in [-0.3, -0.25) is 9.78 Å². The molecule has 3 nitrogen and oxygen atoms in total. The van der Waals surface area contributed by atoms with E-state index in [2.05, 4.69) is 4.98 Å². The summed E-state index contributed by atoms with van der Waals surface area (Å²) in [6.07, 6.45) is -2.47. The summed E-state index contributed by atoms with van der Waals surface area (Å²) in [6.45, 7) is 3.60. The molecule has 0 fully saturated rings. The minimum absolute atomic E-state index is 0.129.